The molecule has 1 atom stereocenters. The highest BCUT2D eigenvalue weighted by molar-refractivity contribution is 7.10. The Balaban J connectivity index is 1.85. The Bertz CT molecular complexity index is 791. The molecule has 0 aliphatic carbocycles. The zero-order valence-electron chi connectivity index (χ0n) is 14.7. The first-order chi connectivity index (χ1) is 12.4. The number of aryl methyl sites for hydroxylation is 1. The van der Waals surface area contributed by atoms with Crippen molar-refractivity contribution in [1.82, 2.24) is 15.0 Å². The first-order valence-corrected chi connectivity index (χ1v) is 8.67. The molecule has 0 saturated carbocycles. The smallest absolute Gasteiger partial charge is 0.343 e. The number of nitrogens with one attached hydrogen (secondary N) is 3. The fourth-order valence-corrected chi connectivity index (χ4v) is 2.82. The highest BCUT2D eigenvalue weighted by Gasteiger charge is 2.25. The van der Waals surface area contributed by atoms with E-state index < -0.39 is 24.0 Å². The molecule has 2 rings (SSSR count). The molecule has 1 heterocycles. The Kier molecular flexibility index (Phi) is 6.67. The molecule has 0 radical (unpaired) electrons. The molecule has 0 spiro atoms. The molecule has 3 N–H and O–H groups in total. The molecule has 8 nitrogen and oxygen atoms in total. The third-order valence-electron chi connectivity index (χ3n) is 3.48. The van der Waals surface area contributed by atoms with E-state index in [4.69, 9.17) is 4.74 Å². The quantitative estimate of drug-likeness (QED) is 0.666. The van der Waals surface area contributed by atoms with Crippen LogP contribution in [0.5, 0.6) is 0 Å². The number of imide groups is 1. The van der Waals surface area contributed by atoms with E-state index in [1.807, 2.05) is 30.3 Å². The van der Waals surface area contributed by atoms with Crippen molar-refractivity contribution in [3.63, 3.8) is 0 Å². The van der Waals surface area contributed by atoms with E-state index in [9.17, 15) is 14.4 Å². The highest BCUT2D eigenvalue weighted by atomic mass is 32.1. The second kappa shape index (κ2) is 8.95. The van der Waals surface area contributed by atoms with Crippen molar-refractivity contribution in [2.24, 2.45) is 0 Å². The summed E-state index contributed by atoms with van der Waals surface area (Å²) < 4.78 is 9.22. The van der Waals surface area contributed by atoms with Crippen molar-refractivity contribution in [3.8, 4) is 0 Å². The summed E-state index contributed by atoms with van der Waals surface area (Å²) in [7, 11) is 1.66. The summed E-state index contributed by atoms with van der Waals surface area (Å²) in [6.45, 7) is 3.35. The predicted molar refractivity (Wildman–Crippen MR) is 98.1 cm³/mol. The van der Waals surface area contributed by atoms with Crippen LogP contribution in [0, 0.1) is 6.92 Å². The van der Waals surface area contributed by atoms with Gasteiger partial charge in [-0.25, -0.2) is 9.59 Å². The van der Waals surface area contributed by atoms with Crippen LogP contribution in [0.3, 0.4) is 0 Å². The van der Waals surface area contributed by atoms with Gasteiger partial charge < -0.3 is 15.4 Å². The van der Waals surface area contributed by atoms with Gasteiger partial charge >= 0.3 is 12.0 Å². The van der Waals surface area contributed by atoms with Gasteiger partial charge in [0.1, 0.15) is 10.6 Å². The lowest BCUT2D eigenvalue weighted by Gasteiger charge is -2.13. The summed E-state index contributed by atoms with van der Waals surface area (Å²) in [6.07, 6.45) is -1.13. The number of amides is 3. The van der Waals surface area contributed by atoms with Crippen molar-refractivity contribution < 1.29 is 19.1 Å². The molecule has 0 aliphatic heterocycles. The Hall–Kier alpha value is -2.94. The van der Waals surface area contributed by atoms with Crippen molar-refractivity contribution >= 4 is 34.4 Å². The molecular weight excluding hydrogens is 356 g/mol. The number of nitrogens with zero attached hydrogens (tertiary/aromatic N) is 1. The second-order valence-electron chi connectivity index (χ2n) is 5.43. The number of rotatable bonds is 6. The molecule has 2 aromatic rings. The number of hydrogen-bond donors (Lipinski definition) is 3. The predicted octanol–water partition coefficient (Wildman–Crippen LogP) is 2.06. The minimum Gasteiger partial charge on any atom is -0.449 e. The van der Waals surface area contributed by atoms with Gasteiger partial charge in [0, 0.05) is 13.6 Å². The van der Waals surface area contributed by atoms with E-state index in [1.54, 1.807) is 14.0 Å². The lowest BCUT2D eigenvalue weighted by atomic mass is 10.2. The topological polar surface area (TPSA) is 109 Å². The van der Waals surface area contributed by atoms with Crippen molar-refractivity contribution in [1.29, 1.82) is 0 Å². The summed E-state index contributed by atoms with van der Waals surface area (Å²) in [5, 5.41) is 8.12. The van der Waals surface area contributed by atoms with Crippen LogP contribution >= 0.6 is 11.5 Å². The maximum atomic E-state index is 12.2. The van der Waals surface area contributed by atoms with Gasteiger partial charge in [-0.15, -0.1) is 0 Å². The molecule has 0 aliphatic rings. The first-order valence-electron chi connectivity index (χ1n) is 7.90. The van der Waals surface area contributed by atoms with E-state index in [1.165, 1.54) is 6.92 Å². The normalized spacial score (nSPS) is 11.3. The number of ether oxygens (including phenoxy) is 1. The molecular formula is C17H20N4O4S. The Morgan fingerprint density at radius 1 is 1.23 bits per heavy atom. The SMILES string of the molecule is CNc1snc(C)c1C(=O)O[C@H](C)C(=O)NC(=O)NCc1ccccc1. The van der Waals surface area contributed by atoms with Gasteiger partial charge in [0.15, 0.2) is 6.10 Å². The van der Waals surface area contributed by atoms with Crippen LogP contribution in [0.2, 0.25) is 0 Å². The largest absolute Gasteiger partial charge is 0.449 e. The maximum Gasteiger partial charge on any atom is 0.343 e. The van der Waals surface area contributed by atoms with Crippen LogP contribution in [-0.4, -0.2) is 35.4 Å². The van der Waals surface area contributed by atoms with Crippen molar-refractivity contribution in [2.75, 3.05) is 12.4 Å². The molecule has 1 aromatic carbocycles. The average molecular weight is 376 g/mol. The van der Waals surface area contributed by atoms with Crippen LogP contribution < -0.4 is 16.0 Å². The van der Waals surface area contributed by atoms with E-state index in [0.29, 0.717) is 10.7 Å². The fourth-order valence-electron chi connectivity index (χ4n) is 2.09. The van der Waals surface area contributed by atoms with E-state index in [0.717, 1.165) is 17.1 Å². The maximum absolute atomic E-state index is 12.2. The number of benzene rings is 1. The Morgan fingerprint density at radius 3 is 2.58 bits per heavy atom. The van der Waals surface area contributed by atoms with Crippen LogP contribution in [-0.2, 0) is 16.1 Å². The van der Waals surface area contributed by atoms with Crippen molar-refractivity contribution in [2.45, 2.75) is 26.5 Å². The minimum absolute atomic E-state index is 0.277. The van der Waals surface area contributed by atoms with Gasteiger partial charge in [-0.2, -0.15) is 4.37 Å². The monoisotopic (exact) mass is 376 g/mol. The van der Waals surface area contributed by atoms with E-state index in [2.05, 4.69) is 20.3 Å². The molecule has 0 unspecified atom stereocenters. The molecule has 138 valence electrons. The van der Waals surface area contributed by atoms with E-state index in [-0.39, 0.29) is 12.1 Å². The molecule has 26 heavy (non-hydrogen) atoms. The van der Waals surface area contributed by atoms with Gasteiger partial charge in [-0.1, -0.05) is 30.3 Å². The number of carbonyl (C=O) groups is 3. The summed E-state index contributed by atoms with van der Waals surface area (Å²) in [4.78, 5) is 36.1. The Labute approximate surface area is 155 Å². The zero-order chi connectivity index (χ0) is 19.1. The van der Waals surface area contributed by atoms with Crippen LogP contribution in [0.15, 0.2) is 30.3 Å². The van der Waals surface area contributed by atoms with Gasteiger partial charge in [-0.3, -0.25) is 10.1 Å². The summed E-state index contributed by atoms with van der Waals surface area (Å²) >= 11 is 1.13. The summed E-state index contributed by atoms with van der Waals surface area (Å²) in [5.41, 5.74) is 1.69. The number of urea groups is 1. The molecule has 0 bridgehead atoms. The number of esters is 1. The number of carbonyl (C=O) groups excluding carboxylic acids is 3. The van der Waals surface area contributed by atoms with Gasteiger partial charge in [0.05, 0.1) is 5.69 Å². The summed E-state index contributed by atoms with van der Waals surface area (Å²) in [5.74, 6) is -1.39. The minimum atomic E-state index is -1.13. The third-order valence-corrected chi connectivity index (χ3v) is 4.44. The molecule has 0 fully saturated rings. The lowest BCUT2D eigenvalue weighted by molar-refractivity contribution is -0.127. The second-order valence-corrected chi connectivity index (χ2v) is 6.20. The fraction of sp³-hybridized carbons (Fsp3) is 0.294. The highest BCUT2D eigenvalue weighted by Crippen LogP contribution is 2.24. The molecule has 1 aromatic heterocycles. The standard InChI is InChI=1S/C17H20N4O4S/c1-10-13(15(18-3)26-21-10)16(23)25-11(2)14(22)20-17(24)19-9-12-7-5-4-6-8-12/h4-8,11,18H,9H2,1-3H3,(H2,19,20,22,24)/t11-/m1/s1. The number of aromatic nitrogens is 1. The lowest BCUT2D eigenvalue weighted by Crippen LogP contribution is -2.44. The molecule has 9 heteroatoms. The van der Waals surface area contributed by atoms with E-state index >= 15 is 0 Å². The summed E-state index contributed by atoms with van der Waals surface area (Å²) in [6, 6.07) is 8.61. The van der Waals surface area contributed by atoms with Crippen LogP contribution in [0.4, 0.5) is 9.80 Å². The average Bonchev–Trinajstić information content (AvgIpc) is 3.01. The molecule has 3 amide bonds. The zero-order valence-corrected chi connectivity index (χ0v) is 15.5. The molecule has 0 saturated heterocycles. The third kappa shape index (κ3) is 5.03. The van der Waals surface area contributed by atoms with Crippen LogP contribution in [0.25, 0.3) is 0 Å². The number of hydrogen-bond acceptors (Lipinski definition) is 7. The van der Waals surface area contributed by atoms with Gasteiger partial charge in [0.25, 0.3) is 5.91 Å². The van der Waals surface area contributed by atoms with Crippen LogP contribution in [0.1, 0.15) is 28.5 Å². The van der Waals surface area contributed by atoms with Gasteiger partial charge in [-0.05, 0) is 30.9 Å². The van der Waals surface area contributed by atoms with Gasteiger partial charge in [0.2, 0.25) is 0 Å². The van der Waals surface area contributed by atoms with Crippen molar-refractivity contribution in [3.05, 3.63) is 47.2 Å². The first kappa shape index (κ1) is 19.4. The Morgan fingerprint density at radius 2 is 1.92 bits per heavy atom. The number of anilines is 1.